The fraction of sp³-hybridized carbons (Fsp3) is 0.414. The SMILES string of the molecule is Cl.Cn1cnc(-c2ccc(C3=CCN(C(=O)OC(C)(C)C)CC3)s2)n1.Cn1cnc(-c2ccc(C3=CCNCC3)s2)n1.N=NN=NCl. The Morgan fingerprint density at radius 2 is 1.49 bits per heavy atom. The van der Waals surface area contributed by atoms with E-state index in [4.69, 9.17) is 10.3 Å². The molecule has 6 rings (SSSR count). The fourth-order valence-electron chi connectivity index (χ4n) is 4.41. The third-order valence-corrected chi connectivity index (χ3v) is 8.87. The van der Waals surface area contributed by atoms with Crippen LogP contribution in [0.4, 0.5) is 4.79 Å². The van der Waals surface area contributed by atoms with Crippen LogP contribution in [0.25, 0.3) is 32.5 Å². The molecule has 6 heterocycles. The maximum Gasteiger partial charge on any atom is 0.410 e. The summed E-state index contributed by atoms with van der Waals surface area (Å²) in [5.41, 5.74) is 8.13. The standard InChI is InChI=1S/C17H22N4O2S.C12H14N4S.ClHN4.ClH/c1-17(2,3)23-16(22)21-9-7-12(8-10-21)13-5-6-14(24-13)15-18-11-20(4)19-15;1-16-8-14-12(15-16)11-3-2-10(17-11)9-4-6-13-7-5-9;1-3-5-4-2;/h5-7,11H,8-10H2,1-4H3;2-4,8,13H,5-7H2,1H3;2H;1H. The molecule has 252 valence electrons. The first kappa shape index (κ1) is 37.6. The Kier molecular flexibility index (Phi) is 14.3. The molecular weight excluding hydrogens is 683 g/mol. The molecule has 47 heavy (non-hydrogen) atoms. The number of carbonyl (C=O) groups excluding carboxylic acids is 1. The lowest BCUT2D eigenvalue weighted by Gasteiger charge is -2.29. The summed E-state index contributed by atoms with van der Waals surface area (Å²) in [4.78, 5) is 27.2. The van der Waals surface area contributed by atoms with Crippen LogP contribution in [0.2, 0.25) is 0 Å². The van der Waals surface area contributed by atoms with Crippen molar-refractivity contribution in [3.63, 3.8) is 0 Å². The van der Waals surface area contributed by atoms with Gasteiger partial charge in [-0.3, -0.25) is 9.36 Å². The highest BCUT2D eigenvalue weighted by Gasteiger charge is 2.24. The van der Waals surface area contributed by atoms with Crippen molar-refractivity contribution in [3.05, 3.63) is 58.8 Å². The Bertz CT molecular complexity index is 1700. The number of amides is 1. The second-order valence-corrected chi connectivity index (χ2v) is 13.5. The van der Waals surface area contributed by atoms with Crippen molar-refractivity contribution in [2.24, 2.45) is 29.2 Å². The molecule has 1 amide bonds. The minimum Gasteiger partial charge on any atom is -0.444 e. The number of nitrogens with zero attached hydrogens (tertiary/aromatic N) is 10. The molecular formula is C29H38Cl2N12O2S2. The van der Waals surface area contributed by atoms with Crippen LogP contribution in [0.15, 0.2) is 64.2 Å². The molecule has 14 nitrogen and oxygen atoms in total. The van der Waals surface area contributed by atoms with Gasteiger partial charge in [0.1, 0.15) is 18.3 Å². The lowest BCUT2D eigenvalue weighted by molar-refractivity contribution is 0.0270. The van der Waals surface area contributed by atoms with Crippen molar-refractivity contribution >= 4 is 64.1 Å². The molecule has 0 saturated heterocycles. The molecule has 0 saturated carbocycles. The highest BCUT2D eigenvalue weighted by molar-refractivity contribution is 7.16. The molecule has 0 aliphatic carbocycles. The van der Waals surface area contributed by atoms with Crippen molar-refractivity contribution in [3.8, 4) is 21.4 Å². The first-order chi connectivity index (χ1) is 22.1. The monoisotopic (exact) mass is 720 g/mol. The zero-order valence-corrected chi connectivity index (χ0v) is 30.0. The van der Waals surface area contributed by atoms with Gasteiger partial charge in [0, 0.05) is 43.5 Å². The summed E-state index contributed by atoms with van der Waals surface area (Å²) in [6, 6.07) is 8.44. The Morgan fingerprint density at radius 3 is 1.87 bits per heavy atom. The average molecular weight is 722 g/mol. The van der Waals surface area contributed by atoms with E-state index >= 15 is 0 Å². The lowest BCUT2D eigenvalue weighted by atomic mass is 10.1. The molecule has 18 heteroatoms. The number of halogens is 2. The highest BCUT2D eigenvalue weighted by Crippen LogP contribution is 2.33. The number of rotatable bonds is 5. The summed E-state index contributed by atoms with van der Waals surface area (Å²) in [6.45, 7) is 8.96. The molecule has 0 atom stereocenters. The Balaban J connectivity index is 0.000000228. The normalized spacial score (nSPS) is 14.6. The highest BCUT2D eigenvalue weighted by atomic mass is 35.5. The summed E-state index contributed by atoms with van der Waals surface area (Å²) in [5.74, 6) is 1.57. The smallest absolute Gasteiger partial charge is 0.410 e. The largest absolute Gasteiger partial charge is 0.444 e. The van der Waals surface area contributed by atoms with Crippen molar-refractivity contribution in [2.75, 3.05) is 26.2 Å². The van der Waals surface area contributed by atoms with Crippen LogP contribution in [0.1, 0.15) is 43.4 Å². The van der Waals surface area contributed by atoms with Crippen LogP contribution in [-0.4, -0.2) is 72.3 Å². The minimum absolute atomic E-state index is 0. The maximum absolute atomic E-state index is 12.1. The predicted molar refractivity (Wildman–Crippen MR) is 188 cm³/mol. The number of hydrogen-bond acceptors (Lipinski definition) is 11. The zero-order valence-electron chi connectivity index (χ0n) is 26.8. The van der Waals surface area contributed by atoms with Gasteiger partial charge in [0.15, 0.2) is 11.6 Å². The zero-order chi connectivity index (χ0) is 33.1. The van der Waals surface area contributed by atoms with E-state index in [9.17, 15) is 4.79 Å². The molecule has 0 unspecified atom stereocenters. The van der Waals surface area contributed by atoms with Gasteiger partial charge in [0.2, 0.25) is 0 Å². The predicted octanol–water partition coefficient (Wildman–Crippen LogP) is 7.45. The number of ether oxygens (including phenoxy) is 1. The van der Waals surface area contributed by atoms with E-state index in [2.05, 4.69) is 88.8 Å². The van der Waals surface area contributed by atoms with Crippen molar-refractivity contribution < 1.29 is 9.53 Å². The van der Waals surface area contributed by atoms with Crippen LogP contribution >= 0.6 is 46.9 Å². The number of aromatic nitrogens is 6. The van der Waals surface area contributed by atoms with Gasteiger partial charge in [0.05, 0.1) is 21.5 Å². The molecule has 4 aromatic rings. The van der Waals surface area contributed by atoms with Gasteiger partial charge in [0.25, 0.3) is 0 Å². The van der Waals surface area contributed by atoms with Crippen LogP contribution in [0.3, 0.4) is 0 Å². The maximum atomic E-state index is 12.1. The number of carbonyl (C=O) groups is 1. The van der Waals surface area contributed by atoms with Crippen LogP contribution in [0.5, 0.6) is 0 Å². The van der Waals surface area contributed by atoms with E-state index in [-0.39, 0.29) is 18.5 Å². The summed E-state index contributed by atoms with van der Waals surface area (Å²) in [6.07, 6.45) is 9.50. The topological polar surface area (TPSA) is 164 Å². The van der Waals surface area contributed by atoms with Gasteiger partial charge >= 0.3 is 6.09 Å². The molecule has 0 radical (unpaired) electrons. The number of nitrogens with one attached hydrogen (secondary N) is 2. The van der Waals surface area contributed by atoms with Crippen molar-refractivity contribution in [1.82, 2.24) is 39.7 Å². The quantitative estimate of drug-likeness (QED) is 0.160. The van der Waals surface area contributed by atoms with Crippen LogP contribution < -0.4 is 5.32 Å². The van der Waals surface area contributed by atoms with Crippen molar-refractivity contribution in [2.45, 2.75) is 39.2 Å². The molecule has 2 N–H and O–H groups in total. The first-order valence-corrected chi connectivity index (χ1v) is 16.4. The third kappa shape index (κ3) is 11.4. The second kappa shape index (κ2) is 17.9. The van der Waals surface area contributed by atoms with E-state index in [1.807, 2.05) is 34.9 Å². The molecule has 4 aromatic heterocycles. The van der Waals surface area contributed by atoms with Crippen molar-refractivity contribution in [1.29, 1.82) is 5.53 Å². The van der Waals surface area contributed by atoms with Gasteiger partial charge in [-0.25, -0.2) is 14.8 Å². The second-order valence-electron chi connectivity index (χ2n) is 11.2. The van der Waals surface area contributed by atoms with Gasteiger partial charge < -0.3 is 15.0 Å². The Hall–Kier alpha value is -3.83. The van der Waals surface area contributed by atoms with E-state index in [1.54, 1.807) is 49.6 Å². The Morgan fingerprint density at radius 1 is 0.936 bits per heavy atom. The third-order valence-electron chi connectivity index (χ3n) is 6.49. The molecule has 0 fully saturated rings. The van der Waals surface area contributed by atoms with Gasteiger partial charge in [-0.05, 0) is 86.0 Å². The Labute approximate surface area is 292 Å². The summed E-state index contributed by atoms with van der Waals surface area (Å²) in [7, 11) is 3.75. The lowest BCUT2D eigenvalue weighted by Crippen LogP contribution is -2.39. The minimum atomic E-state index is -0.459. The van der Waals surface area contributed by atoms with Crippen LogP contribution in [-0.2, 0) is 18.8 Å². The van der Waals surface area contributed by atoms with E-state index in [0.29, 0.717) is 13.1 Å². The molecule has 0 aromatic carbocycles. The number of thiophene rings is 2. The van der Waals surface area contributed by atoms with E-state index < -0.39 is 5.60 Å². The molecule has 0 spiro atoms. The van der Waals surface area contributed by atoms with Gasteiger partial charge in [-0.2, -0.15) is 15.7 Å². The summed E-state index contributed by atoms with van der Waals surface area (Å²) >= 11 is 8.00. The summed E-state index contributed by atoms with van der Waals surface area (Å²) < 4.78 is 11.5. The average Bonchev–Trinajstić information content (AvgIpc) is 3.86. The summed E-state index contributed by atoms with van der Waals surface area (Å²) in [5, 5.41) is 17.1. The number of aryl methyl sites for hydroxylation is 2. The fourth-order valence-corrected chi connectivity index (χ4v) is 6.47. The van der Waals surface area contributed by atoms with Crippen LogP contribution in [0, 0.1) is 5.53 Å². The molecule has 2 aliphatic heterocycles. The first-order valence-electron chi connectivity index (χ1n) is 14.4. The number of hydrogen-bond donors (Lipinski definition) is 2. The molecule has 0 bridgehead atoms. The molecule has 2 aliphatic rings. The van der Waals surface area contributed by atoms with Gasteiger partial charge in [-0.1, -0.05) is 16.8 Å². The van der Waals surface area contributed by atoms with E-state index in [1.165, 1.54) is 20.9 Å². The van der Waals surface area contributed by atoms with E-state index in [0.717, 1.165) is 47.3 Å². The van der Waals surface area contributed by atoms with Gasteiger partial charge in [-0.15, -0.1) is 35.1 Å².